The van der Waals surface area contributed by atoms with Crippen LogP contribution in [0.2, 0.25) is 0 Å². The normalized spacial score (nSPS) is 20.8. The standard InChI is InChI=1S/C71H70N18O3/c1-81-39-45-31-43(18-23-51(45)68(81)90)56-36-59(89-63(72-56)37-57(79-89)67-78-75-62-15-9-6-12-29-87(62)67)55-35-53(55)54-33-44(66-77-74-61-14-8-5-11-28-86(61)66)19-25-58(54)82(2)50-22-24-52-46(32-50)40-84(69(52)91)41-49-38-71(49,48-26-30-88-64(34-48)80-83(3)70(88)92)47-20-16-42(17-21-47)65-76-73-60-13-7-4-10-27-85(60)65/h16-26,30-34,36-37,49,53,55H,4-15,27-29,35,38-41H2,1-3H3. The van der Waals surface area contributed by atoms with Crippen LogP contribution >= 0.6 is 0 Å². The fourth-order valence-electron chi connectivity index (χ4n) is 16.2. The number of hydrogen-bond donors (Lipinski definition) is 0. The lowest BCUT2D eigenvalue weighted by atomic mass is 9.85. The summed E-state index contributed by atoms with van der Waals surface area (Å²) in [6, 6.07) is 36.4. The van der Waals surface area contributed by atoms with Gasteiger partial charge in [0, 0.05) is 142 Å². The van der Waals surface area contributed by atoms with Gasteiger partial charge in [-0.15, -0.1) is 30.6 Å². The predicted molar refractivity (Wildman–Crippen MR) is 345 cm³/mol. The van der Waals surface area contributed by atoms with E-state index in [4.69, 9.17) is 25.4 Å². The summed E-state index contributed by atoms with van der Waals surface area (Å²) in [6.45, 7) is 4.26. The quantitative estimate of drug-likeness (QED) is 0.112. The van der Waals surface area contributed by atoms with Crippen molar-refractivity contribution in [1.29, 1.82) is 0 Å². The number of nitrogens with zero attached hydrogens (tertiary/aromatic N) is 18. The molecule has 21 heteroatoms. The topological polar surface area (TPSA) is 205 Å². The highest BCUT2D eigenvalue weighted by Crippen LogP contribution is 2.61. The van der Waals surface area contributed by atoms with Crippen molar-refractivity contribution >= 4 is 34.5 Å². The molecule has 462 valence electrons. The molecule has 0 bridgehead atoms. The van der Waals surface area contributed by atoms with Crippen molar-refractivity contribution in [3.8, 4) is 45.6 Å². The van der Waals surface area contributed by atoms with Crippen LogP contribution in [-0.2, 0) is 64.4 Å². The van der Waals surface area contributed by atoms with E-state index in [1.54, 1.807) is 16.3 Å². The van der Waals surface area contributed by atoms with E-state index in [1.165, 1.54) is 23.1 Å². The first-order valence-corrected chi connectivity index (χ1v) is 33.0. The van der Waals surface area contributed by atoms with Gasteiger partial charge in [0.15, 0.2) is 28.8 Å². The number of aryl methyl sites for hydroxylation is 4. The highest BCUT2D eigenvalue weighted by atomic mass is 16.2. The fraction of sp³-hybridized carbons (Fsp3) is 0.380. The zero-order chi connectivity index (χ0) is 61.7. The monoisotopic (exact) mass is 1220 g/mol. The average Bonchev–Trinajstić information content (AvgIpc) is 1.56. The second-order valence-electron chi connectivity index (χ2n) is 26.9. The van der Waals surface area contributed by atoms with Gasteiger partial charge in [0.2, 0.25) is 0 Å². The molecule has 0 spiro atoms. The first kappa shape index (κ1) is 55.0. The summed E-state index contributed by atoms with van der Waals surface area (Å²) in [5, 5.41) is 38.3. The Balaban J connectivity index is 0.679. The van der Waals surface area contributed by atoms with Crippen LogP contribution in [0.4, 0.5) is 11.4 Å². The Morgan fingerprint density at radius 1 is 0.554 bits per heavy atom. The van der Waals surface area contributed by atoms with Crippen molar-refractivity contribution < 1.29 is 9.59 Å². The predicted octanol–water partition coefficient (Wildman–Crippen LogP) is 10.3. The molecule has 4 unspecified atom stereocenters. The number of carbonyl (C=O) groups is 2. The van der Waals surface area contributed by atoms with Gasteiger partial charge in [0.25, 0.3) is 11.8 Å². The maximum Gasteiger partial charge on any atom is 0.350 e. The van der Waals surface area contributed by atoms with E-state index in [1.807, 2.05) is 40.9 Å². The van der Waals surface area contributed by atoms with E-state index in [-0.39, 0.29) is 35.3 Å². The molecule has 2 aliphatic carbocycles. The van der Waals surface area contributed by atoms with E-state index < -0.39 is 5.41 Å². The van der Waals surface area contributed by atoms with E-state index >= 15 is 0 Å². The molecule has 0 N–H and O–H groups in total. The van der Waals surface area contributed by atoms with Crippen molar-refractivity contribution in [1.82, 2.24) is 82.9 Å². The molecule has 7 aromatic heterocycles. The van der Waals surface area contributed by atoms with Gasteiger partial charge in [-0.05, 0) is 158 Å². The maximum absolute atomic E-state index is 14.8. The lowest BCUT2D eigenvalue weighted by molar-refractivity contribution is 0.0767. The number of amides is 2. The number of fused-ring (bicyclic) bond motifs is 7. The third-order valence-corrected chi connectivity index (χ3v) is 21.4. The minimum absolute atomic E-state index is 0.0350. The second-order valence-corrected chi connectivity index (χ2v) is 26.9. The molecular weight excluding hydrogens is 1150 g/mol. The van der Waals surface area contributed by atoms with Crippen molar-refractivity contribution in [3.63, 3.8) is 0 Å². The van der Waals surface area contributed by atoms with Crippen molar-refractivity contribution in [2.24, 2.45) is 13.0 Å². The zero-order valence-corrected chi connectivity index (χ0v) is 52.0. The Labute approximate surface area is 530 Å². The number of pyridine rings is 1. The summed E-state index contributed by atoms with van der Waals surface area (Å²) in [5.41, 5.74) is 15.3. The Morgan fingerprint density at radius 2 is 1.21 bits per heavy atom. The van der Waals surface area contributed by atoms with E-state index in [9.17, 15) is 14.4 Å². The van der Waals surface area contributed by atoms with Crippen molar-refractivity contribution in [2.45, 2.75) is 140 Å². The molecule has 0 radical (unpaired) electrons. The molecule has 0 saturated heterocycles. The summed E-state index contributed by atoms with van der Waals surface area (Å²) in [4.78, 5) is 52.3. The molecule has 2 fully saturated rings. The number of benzene rings is 4. The first-order chi connectivity index (χ1) is 45.0. The van der Waals surface area contributed by atoms with Gasteiger partial charge in [-0.1, -0.05) is 49.6 Å². The fourth-order valence-corrected chi connectivity index (χ4v) is 16.2. The van der Waals surface area contributed by atoms with E-state index in [2.05, 4.69) is 131 Å². The maximum atomic E-state index is 14.8. The molecule has 18 rings (SSSR count). The lowest BCUT2D eigenvalue weighted by Crippen LogP contribution is -2.29. The van der Waals surface area contributed by atoms with Crippen LogP contribution < -0.4 is 10.6 Å². The Bertz CT molecular complexity index is 4930. The lowest BCUT2D eigenvalue weighted by Gasteiger charge is -2.24. The summed E-state index contributed by atoms with van der Waals surface area (Å²) < 4.78 is 11.9. The van der Waals surface area contributed by atoms with Crippen molar-refractivity contribution in [2.75, 3.05) is 25.5 Å². The zero-order valence-electron chi connectivity index (χ0n) is 52.0. The van der Waals surface area contributed by atoms with Gasteiger partial charge in [-0.25, -0.2) is 19.0 Å². The summed E-state index contributed by atoms with van der Waals surface area (Å²) in [5.74, 6) is 6.02. The smallest absolute Gasteiger partial charge is 0.344 e. The molecule has 7 aliphatic rings. The van der Waals surface area contributed by atoms with Crippen molar-refractivity contribution in [3.05, 3.63) is 182 Å². The Morgan fingerprint density at radius 3 is 1.95 bits per heavy atom. The summed E-state index contributed by atoms with van der Waals surface area (Å²) in [6.07, 6.45) is 16.4. The van der Waals surface area contributed by atoms with Crippen LogP contribution in [-0.4, -0.2) is 115 Å². The van der Waals surface area contributed by atoms with E-state index in [0.717, 1.165) is 216 Å². The second kappa shape index (κ2) is 21.1. The average molecular weight is 1220 g/mol. The molecule has 2 amide bonds. The molecule has 12 heterocycles. The van der Waals surface area contributed by atoms with Gasteiger partial charge in [-0.2, -0.15) is 10.2 Å². The number of carbonyl (C=O) groups excluding carboxylic acids is 2. The molecular formula is C71H70N18O3. The number of hydrogen-bond acceptors (Lipinski definition) is 13. The molecule has 4 atom stereocenters. The van der Waals surface area contributed by atoms with Crippen LogP contribution in [0.5, 0.6) is 0 Å². The minimum atomic E-state index is -0.412. The van der Waals surface area contributed by atoms with Crippen LogP contribution in [0.3, 0.4) is 0 Å². The number of rotatable bonds is 12. The molecule has 11 aromatic rings. The summed E-state index contributed by atoms with van der Waals surface area (Å²) >= 11 is 0. The highest BCUT2D eigenvalue weighted by Gasteiger charge is 2.58. The highest BCUT2D eigenvalue weighted by molar-refractivity contribution is 5.99. The molecule has 21 nitrogen and oxygen atoms in total. The Kier molecular flexibility index (Phi) is 12.6. The molecule has 92 heavy (non-hydrogen) atoms. The van der Waals surface area contributed by atoms with Gasteiger partial charge < -0.3 is 28.4 Å². The molecule has 5 aliphatic heterocycles. The molecule has 4 aromatic carbocycles. The van der Waals surface area contributed by atoms with Crippen LogP contribution in [0.1, 0.15) is 154 Å². The minimum Gasteiger partial charge on any atom is -0.344 e. The van der Waals surface area contributed by atoms with Gasteiger partial charge in [0.1, 0.15) is 23.2 Å². The van der Waals surface area contributed by atoms with Gasteiger partial charge in [0.05, 0.1) is 11.4 Å². The largest absolute Gasteiger partial charge is 0.350 e. The van der Waals surface area contributed by atoms with Crippen LogP contribution in [0.25, 0.3) is 56.8 Å². The van der Waals surface area contributed by atoms with E-state index in [0.29, 0.717) is 25.3 Å². The third-order valence-electron chi connectivity index (χ3n) is 21.4. The molecule has 2 saturated carbocycles. The van der Waals surface area contributed by atoms with Crippen LogP contribution in [0, 0.1) is 5.92 Å². The number of anilines is 2. The first-order valence-electron chi connectivity index (χ1n) is 33.0. The van der Waals surface area contributed by atoms with Crippen LogP contribution in [0.15, 0.2) is 114 Å². The Hall–Kier alpha value is -9.92. The third kappa shape index (κ3) is 8.84. The number of aromatic nitrogens is 15. The SMILES string of the molecule is CN1Cc2cc(-c3cc(C4CC4c4cc(-c5nnc6n5CCCCC6)ccc4N(C)c4ccc5c(c4)CN(CC4CC4(c4ccc(-c6nnc7n6CCCCC7)cc4)c4ccn6c(=O)n(C)nc6c4)C5=O)n4nc(-c5nnc6n5CCCCC6)cc4n3)ccc2C1=O. The summed E-state index contributed by atoms with van der Waals surface area (Å²) in [7, 11) is 5.67. The van der Waals surface area contributed by atoms with Gasteiger partial charge >= 0.3 is 5.69 Å². The van der Waals surface area contributed by atoms with Gasteiger partial charge in [-0.3, -0.25) is 14.0 Å².